The SMILES string of the molecule is CC1(CCO)CCOc2ccccc21. The first-order chi connectivity index (χ1) is 6.76. The zero-order valence-corrected chi connectivity index (χ0v) is 8.49. The predicted octanol–water partition coefficient (Wildman–Crippen LogP) is 2.11. The second-order valence-corrected chi connectivity index (χ2v) is 4.13. The van der Waals surface area contributed by atoms with Crippen molar-refractivity contribution in [1.29, 1.82) is 0 Å². The molecule has 1 aliphatic heterocycles. The first-order valence-electron chi connectivity index (χ1n) is 5.09. The Bertz CT molecular complexity index is 322. The highest BCUT2D eigenvalue weighted by Gasteiger charge is 2.32. The van der Waals surface area contributed by atoms with Crippen LogP contribution in [0.2, 0.25) is 0 Å². The van der Waals surface area contributed by atoms with E-state index in [-0.39, 0.29) is 12.0 Å². The second kappa shape index (κ2) is 3.62. The zero-order chi connectivity index (χ0) is 10.0. The van der Waals surface area contributed by atoms with Crippen molar-refractivity contribution in [2.24, 2.45) is 0 Å². The molecule has 0 saturated heterocycles. The lowest BCUT2D eigenvalue weighted by molar-refractivity contribution is 0.182. The van der Waals surface area contributed by atoms with Gasteiger partial charge in [-0.05, 0) is 18.9 Å². The minimum atomic E-state index is 0.0869. The smallest absolute Gasteiger partial charge is 0.123 e. The topological polar surface area (TPSA) is 29.5 Å². The fraction of sp³-hybridized carbons (Fsp3) is 0.500. The summed E-state index contributed by atoms with van der Waals surface area (Å²) in [4.78, 5) is 0. The molecule has 1 aromatic carbocycles. The summed E-state index contributed by atoms with van der Waals surface area (Å²) >= 11 is 0. The van der Waals surface area contributed by atoms with Crippen LogP contribution in [-0.2, 0) is 5.41 Å². The lowest BCUT2D eigenvalue weighted by atomic mass is 9.75. The minimum absolute atomic E-state index is 0.0869. The molecule has 0 aromatic heterocycles. The van der Waals surface area contributed by atoms with E-state index in [1.54, 1.807) is 0 Å². The van der Waals surface area contributed by atoms with Gasteiger partial charge in [0.15, 0.2) is 0 Å². The van der Waals surface area contributed by atoms with E-state index in [0.29, 0.717) is 0 Å². The van der Waals surface area contributed by atoms with Crippen molar-refractivity contribution < 1.29 is 9.84 Å². The van der Waals surface area contributed by atoms with Crippen LogP contribution in [0, 0.1) is 0 Å². The van der Waals surface area contributed by atoms with Gasteiger partial charge in [-0.3, -0.25) is 0 Å². The van der Waals surface area contributed by atoms with E-state index in [2.05, 4.69) is 13.0 Å². The predicted molar refractivity (Wildman–Crippen MR) is 55.6 cm³/mol. The molecule has 2 nitrogen and oxygen atoms in total. The second-order valence-electron chi connectivity index (χ2n) is 4.13. The lowest BCUT2D eigenvalue weighted by Gasteiger charge is -2.35. The van der Waals surface area contributed by atoms with Gasteiger partial charge in [0.05, 0.1) is 6.61 Å². The molecule has 0 aliphatic carbocycles. The largest absolute Gasteiger partial charge is 0.493 e. The zero-order valence-electron chi connectivity index (χ0n) is 8.49. The normalized spacial score (nSPS) is 25.3. The maximum absolute atomic E-state index is 9.07. The third kappa shape index (κ3) is 1.50. The van der Waals surface area contributed by atoms with Gasteiger partial charge in [0.1, 0.15) is 5.75 Å². The van der Waals surface area contributed by atoms with Gasteiger partial charge in [0.2, 0.25) is 0 Å². The summed E-state index contributed by atoms with van der Waals surface area (Å²) < 4.78 is 5.58. The van der Waals surface area contributed by atoms with Crippen LogP contribution in [0.25, 0.3) is 0 Å². The first kappa shape index (κ1) is 9.53. The van der Waals surface area contributed by atoms with Crippen LogP contribution in [0.15, 0.2) is 24.3 Å². The number of hydrogen-bond donors (Lipinski definition) is 1. The summed E-state index contributed by atoms with van der Waals surface area (Å²) in [7, 11) is 0. The van der Waals surface area contributed by atoms with Gasteiger partial charge >= 0.3 is 0 Å². The minimum Gasteiger partial charge on any atom is -0.493 e. The molecule has 0 fully saturated rings. The van der Waals surface area contributed by atoms with Gasteiger partial charge in [-0.1, -0.05) is 25.1 Å². The standard InChI is InChI=1S/C12H16O2/c1-12(6-8-13)7-9-14-11-5-3-2-4-10(11)12/h2-5,13H,6-9H2,1H3. The number of para-hydroxylation sites is 1. The van der Waals surface area contributed by atoms with Crippen LogP contribution in [0.5, 0.6) is 5.75 Å². The van der Waals surface area contributed by atoms with Crippen molar-refractivity contribution in [1.82, 2.24) is 0 Å². The average molecular weight is 192 g/mol. The quantitative estimate of drug-likeness (QED) is 0.777. The van der Waals surface area contributed by atoms with Crippen LogP contribution in [0.3, 0.4) is 0 Å². The van der Waals surface area contributed by atoms with Crippen molar-refractivity contribution in [3.63, 3.8) is 0 Å². The van der Waals surface area contributed by atoms with Crippen molar-refractivity contribution in [2.75, 3.05) is 13.2 Å². The highest BCUT2D eigenvalue weighted by molar-refractivity contribution is 5.40. The number of hydrogen-bond acceptors (Lipinski definition) is 2. The fourth-order valence-corrected chi connectivity index (χ4v) is 2.12. The maximum atomic E-state index is 9.07. The lowest BCUT2D eigenvalue weighted by Crippen LogP contribution is -2.30. The van der Waals surface area contributed by atoms with Crippen LogP contribution < -0.4 is 4.74 Å². The summed E-state index contributed by atoms with van der Waals surface area (Å²) in [6.07, 6.45) is 1.80. The third-order valence-corrected chi connectivity index (χ3v) is 3.11. The molecule has 76 valence electrons. The fourth-order valence-electron chi connectivity index (χ4n) is 2.12. The molecular weight excluding hydrogens is 176 g/mol. The monoisotopic (exact) mass is 192 g/mol. The number of ether oxygens (including phenoxy) is 1. The first-order valence-corrected chi connectivity index (χ1v) is 5.09. The highest BCUT2D eigenvalue weighted by atomic mass is 16.5. The van der Waals surface area contributed by atoms with E-state index in [9.17, 15) is 0 Å². The van der Waals surface area contributed by atoms with Gasteiger partial charge in [-0.2, -0.15) is 0 Å². The molecule has 1 heterocycles. The van der Waals surface area contributed by atoms with E-state index in [0.717, 1.165) is 25.2 Å². The Morgan fingerprint density at radius 3 is 3.00 bits per heavy atom. The van der Waals surface area contributed by atoms with Crippen molar-refractivity contribution in [2.45, 2.75) is 25.2 Å². The van der Waals surface area contributed by atoms with E-state index in [4.69, 9.17) is 9.84 Å². The Morgan fingerprint density at radius 1 is 1.43 bits per heavy atom. The number of rotatable bonds is 2. The summed E-state index contributed by atoms with van der Waals surface area (Å²) in [5.74, 6) is 0.981. The van der Waals surface area contributed by atoms with E-state index < -0.39 is 0 Å². The molecule has 0 saturated carbocycles. The van der Waals surface area contributed by atoms with E-state index in [1.807, 2.05) is 18.2 Å². The Labute approximate surface area is 84.5 Å². The number of aliphatic hydroxyl groups excluding tert-OH is 1. The van der Waals surface area contributed by atoms with Gasteiger partial charge in [-0.25, -0.2) is 0 Å². The van der Waals surface area contributed by atoms with Crippen LogP contribution in [0.4, 0.5) is 0 Å². The molecule has 1 aliphatic rings. The molecule has 0 spiro atoms. The van der Waals surface area contributed by atoms with Crippen LogP contribution in [-0.4, -0.2) is 18.3 Å². The van der Waals surface area contributed by atoms with Crippen LogP contribution in [0.1, 0.15) is 25.3 Å². The Morgan fingerprint density at radius 2 is 2.21 bits per heavy atom. The summed E-state index contributed by atoms with van der Waals surface area (Å²) in [6, 6.07) is 8.13. The highest BCUT2D eigenvalue weighted by Crippen LogP contribution is 2.40. The van der Waals surface area contributed by atoms with E-state index in [1.165, 1.54) is 5.56 Å². The molecule has 1 atom stereocenters. The number of benzene rings is 1. The molecular formula is C12H16O2. The molecule has 2 rings (SSSR count). The number of aliphatic hydroxyl groups is 1. The molecule has 0 radical (unpaired) electrons. The molecule has 1 N–H and O–H groups in total. The molecule has 0 amide bonds. The van der Waals surface area contributed by atoms with Crippen LogP contribution >= 0.6 is 0 Å². The summed E-state index contributed by atoms with van der Waals surface area (Å²) in [5.41, 5.74) is 1.32. The average Bonchev–Trinajstić information content (AvgIpc) is 2.19. The van der Waals surface area contributed by atoms with Crippen molar-refractivity contribution in [3.8, 4) is 5.75 Å². The molecule has 1 unspecified atom stereocenters. The van der Waals surface area contributed by atoms with Crippen molar-refractivity contribution >= 4 is 0 Å². The summed E-state index contributed by atoms with van der Waals surface area (Å²) in [5, 5.41) is 9.07. The van der Waals surface area contributed by atoms with Gasteiger partial charge in [0.25, 0.3) is 0 Å². The maximum Gasteiger partial charge on any atom is 0.123 e. The Kier molecular flexibility index (Phi) is 2.46. The molecule has 14 heavy (non-hydrogen) atoms. The Hall–Kier alpha value is -1.02. The van der Waals surface area contributed by atoms with Gasteiger partial charge in [0, 0.05) is 17.6 Å². The Balaban J connectivity index is 2.39. The molecule has 2 heteroatoms. The number of fused-ring (bicyclic) bond motifs is 1. The van der Waals surface area contributed by atoms with Crippen molar-refractivity contribution in [3.05, 3.63) is 29.8 Å². The van der Waals surface area contributed by atoms with Gasteiger partial charge < -0.3 is 9.84 Å². The summed E-state index contributed by atoms with van der Waals surface area (Å²) in [6.45, 7) is 3.20. The van der Waals surface area contributed by atoms with Gasteiger partial charge in [-0.15, -0.1) is 0 Å². The molecule has 0 bridgehead atoms. The molecule has 1 aromatic rings. The third-order valence-electron chi connectivity index (χ3n) is 3.11. The van der Waals surface area contributed by atoms with E-state index >= 15 is 0 Å².